The Bertz CT molecular complexity index is 980. The van der Waals surface area contributed by atoms with E-state index in [0.29, 0.717) is 12.1 Å². The summed E-state index contributed by atoms with van der Waals surface area (Å²) in [5.41, 5.74) is 6.79. The van der Waals surface area contributed by atoms with E-state index < -0.39 is 36.3 Å². The van der Waals surface area contributed by atoms with Crippen molar-refractivity contribution >= 4 is 11.8 Å². The number of nitrogens with zero attached hydrogens (tertiary/aromatic N) is 2. The molecule has 10 heteroatoms. The van der Waals surface area contributed by atoms with E-state index in [4.69, 9.17) is 5.26 Å². The average Bonchev–Trinajstić information content (AvgIpc) is 2.74. The van der Waals surface area contributed by atoms with Gasteiger partial charge in [-0.3, -0.25) is 15.0 Å². The van der Waals surface area contributed by atoms with E-state index in [9.17, 15) is 24.3 Å². The minimum Gasteiger partial charge on any atom is -0.394 e. The number of amides is 2. The van der Waals surface area contributed by atoms with E-state index in [1.165, 1.54) is 12.1 Å². The number of fused-ring (bicyclic) bond motifs is 1. The van der Waals surface area contributed by atoms with Gasteiger partial charge in [0.15, 0.2) is 0 Å². The van der Waals surface area contributed by atoms with Crippen molar-refractivity contribution in [1.82, 2.24) is 21.5 Å². The lowest BCUT2D eigenvalue weighted by Gasteiger charge is -2.41. The Balaban J connectivity index is 1.78. The number of benzene rings is 1. The number of aliphatic hydroxyl groups is 1. The molecule has 4 atom stereocenters. The van der Waals surface area contributed by atoms with Crippen molar-refractivity contribution in [2.75, 3.05) is 13.2 Å². The summed E-state index contributed by atoms with van der Waals surface area (Å²) in [7, 11) is 0. The van der Waals surface area contributed by atoms with Crippen LogP contribution in [0.25, 0.3) is 0 Å². The highest BCUT2D eigenvalue weighted by Gasteiger charge is 2.41. The van der Waals surface area contributed by atoms with Crippen LogP contribution in [0.15, 0.2) is 29.3 Å². The molecule has 1 fully saturated rings. The third kappa shape index (κ3) is 4.16. The van der Waals surface area contributed by atoms with Gasteiger partial charge in [-0.1, -0.05) is 11.6 Å². The van der Waals surface area contributed by atoms with Crippen molar-refractivity contribution in [3.8, 4) is 12.1 Å². The fourth-order valence-electron chi connectivity index (χ4n) is 3.90. The molecule has 3 rings (SSSR count). The number of hydrogen-bond acceptors (Lipinski definition) is 7. The minimum absolute atomic E-state index is 0.0378. The third-order valence-electron chi connectivity index (χ3n) is 5.44. The zero-order chi connectivity index (χ0) is 21.8. The number of rotatable bonds is 5. The van der Waals surface area contributed by atoms with Crippen LogP contribution >= 0.6 is 0 Å². The molecule has 0 saturated carbocycles. The normalized spacial score (nSPS) is 24.2. The molecule has 2 amide bonds. The quantitative estimate of drug-likeness (QED) is 0.444. The van der Waals surface area contributed by atoms with Crippen molar-refractivity contribution in [2.24, 2.45) is 5.92 Å². The van der Waals surface area contributed by atoms with Gasteiger partial charge in [-0.15, -0.1) is 0 Å². The zero-order valence-corrected chi connectivity index (χ0v) is 16.2. The van der Waals surface area contributed by atoms with Crippen LogP contribution in [0, 0.1) is 34.4 Å². The summed E-state index contributed by atoms with van der Waals surface area (Å²) < 4.78 is 14.2. The molecule has 1 saturated heterocycles. The molecule has 1 aromatic carbocycles. The van der Waals surface area contributed by atoms with E-state index in [1.54, 1.807) is 6.92 Å². The topological polar surface area (TPSA) is 150 Å². The summed E-state index contributed by atoms with van der Waals surface area (Å²) in [4.78, 5) is 25.1. The van der Waals surface area contributed by atoms with Gasteiger partial charge in [0.25, 0.3) is 0 Å². The van der Waals surface area contributed by atoms with Gasteiger partial charge < -0.3 is 15.7 Å². The summed E-state index contributed by atoms with van der Waals surface area (Å²) in [5.74, 6) is -1.98. The molecule has 30 heavy (non-hydrogen) atoms. The van der Waals surface area contributed by atoms with Crippen LogP contribution < -0.4 is 21.5 Å². The van der Waals surface area contributed by atoms with E-state index in [1.807, 2.05) is 6.07 Å². The second kappa shape index (κ2) is 9.01. The average molecular weight is 412 g/mol. The van der Waals surface area contributed by atoms with Gasteiger partial charge in [0.1, 0.15) is 11.9 Å². The van der Waals surface area contributed by atoms with Crippen LogP contribution in [0.5, 0.6) is 0 Å². The maximum Gasteiger partial charge on any atom is 0.247 e. The van der Waals surface area contributed by atoms with Crippen LogP contribution in [0.4, 0.5) is 4.39 Å². The summed E-state index contributed by atoms with van der Waals surface area (Å²) in [5, 5.41) is 33.2. The SMILES string of the molecule is CC1=C(CC(=O)N[C@H](CO)c2ccc(C#N)cc2F)C(=O)NC2CNNC(C#N)C12. The first-order chi connectivity index (χ1) is 14.4. The Kier molecular flexibility index (Phi) is 6.43. The highest BCUT2D eigenvalue weighted by Crippen LogP contribution is 2.30. The van der Waals surface area contributed by atoms with Gasteiger partial charge >= 0.3 is 0 Å². The van der Waals surface area contributed by atoms with E-state index in [0.717, 1.165) is 6.07 Å². The summed E-state index contributed by atoms with van der Waals surface area (Å²) in [6.07, 6.45) is -0.277. The van der Waals surface area contributed by atoms with Gasteiger partial charge in [-0.25, -0.2) is 9.82 Å². The maximum absolute atomic E-state index is 14.2. The van der Waals surface area contributed by atoms with Crippen molar-refractivity contribution in [3.05, 3.63) is 46.3 Å². The molecule has 3 unspecified atom stereocenters. The second-order valence-corrected chi connectivity index (χ2v) is 7.23. The number of nitrogens with one attached hydrogen (secondary N) is 4. The molecule has 0 aromatic heterocycles. The van der Waals surface area contributed by atoms with Crippen molar-refractivity contribution < 1.29 is 19.1 Å². The lowest BCUT2D eigenvalue weighted by Crippen LogP contribution is -2.64. The number of hydrogen-bond donors (Lipinski definition) is 5. The van der Waals surface area contributed by atoms with Gasteiger partial charge in [0, 0.05) is 23.6 Å². The fraction of sp³-hybridized carbons (Fsp3) is 0.400. The van der Waals surface area contributed by atoms with Gasteiger partial charge in [-0.05, 0) is 19.1 Å². The summed E-state index contributed by atoms with van der Waals surface area (Å²) in [6, 6.07) is 5.83. The van der Waals surface area contributed by atoms with Crippen molar-refractivity contribution in [1.29, 1.82) is 10.5 Å². The largest absolute Gasteiger partial charge is 0.394 e. The Labute approximate surface area is 172 Å². The number of aliphatic hydroxyl groups excluding tert-OH is 1. The minimum atomic E-state index is -1.03. The van der Waals surface area contributed by atoms with Crippen LogP contribution in [0.2, 0.25) is 0 Å². The van der Waals surface area contributed by atoms with Gasteiger partial charge in [0.05, 0.1) is 42.8 Å². The van der Waals surface area contributed by atoms with Crippen LogP contribution in [0.3, 0.4) is 0 Å². The number of hydrazine groups is 1. The Morgan fingerprint density at radius 1 is 1.43 bits per heavy atom. The number of halogens is 1. The second-order valence-electron chi connectivity index (χ2n) is 7.23. The van der Waals surface area contributed by atoms with E-state index >= 15 is 0 Å². The first-order valence-corrected chi connectivity index (χ1v) is 9.37. The van der Waals surface area contributed by atoms with Crippen LogP contribution in [0.1, 0.15) is 30.5 Å². The Morgan fingerprint density at radius 2 is 2.20 bits per heavy atom. The maximum atomic E-state index is 14.2. The standard InChI is InChI=1S/C20H21FN6O3/c1-10-13(20(30)26-16-8-24-27-15(7-23)19(10)16)5-18(29)25-17(9-28)12-3-2-11(6-22)4-14(12)21/h2-4,15-17,19,24,27-28H,5,8-9H2,1H3,(H,25,29)(H,26,30)/t15?,16?,17-,19?/m1/s1. The van der Waals surface area contributed by atoms with Crippen LogP contribution in [-0.4, -0.2) is 42.2 Å². The Morgan fingerprint density at radius 3 is 2.83 bits per heavy atom. The lowest BCUT2D eigenvalue weighted by molar-refractivity contribution is -0.125. The molecule has 1 aromatic rings. The van der Waals surface area contributed by atoms with Crippen molar-refractivity contribution in [2.45, 2.75) is 31.5 Å². The molecular weight excluding hydrogens is 391 g/mol. The summed E-state index contributed by atoms with van der Waals surface area (Å²) >= 11 is 0. The van der Waals surface area contributed by atoms with E-state index in [2.05, 4.69) is 27.6 Å². The lowest BCUT2D eigenvalue weighted by atomic mass is 9.79. The first kappa shape index (κ1) is 21.4. The zero-order valence-electron chi connectivity index (χ0n) is 16.2. The molecule has 0 spiro atoms. The molecular formula is C20H21FN6O3. The summed E-state index contributed by atoms with van der Waals surface area (Å²) in [6.45, 7) is 1.60. The first-order valence-electron chi connectivity index (χ1n) is 9.37. The molecule has 156 valence electrons. The molecule has 9 nitrogen and oxygen atoms in total. The molecule has 0 aliphatic carbocycles. The van der Waals surface area contributed by atoms with Gasteiger partial charge in [0.2, 0.25) is 11.8 Å². The monoisotopic (exact) mass is 412 g/mol. The Hall–Kier alpha value is -3.31. The van der Waals surface area contributed by atoms with Gasteiger partial charge in [-0.2, -0.15) is 10.5 Å². The molecule has 0 radical (unpaired) electrons. The predicted molar refractivity (Wildman–Crippen MR) is 102 cm³/mol. The van der Waals surface area contributed by atoms with Crippen molar-refractivity contribution in [3.63, 3.8) is 0 Å². The number of carbonyl (C=O) groups is 2. The predicted octanol–water partition coefficient (Wildman–Crippen LogP) is -0.332. The fourth-order valence-corrected chi connectivity index (χ4v) is 3.90. The molecule has 0 bridgehead atoms. The smallest absolute Gasteiger partial charge is 0.247 e. The van der Waals surface area contributed by atoms with Crippen LogP contribution in [-0.2, 0) is 9.59 Å². The highest BCUT2D eigenvalue weighted by molar-refractivity contribution is 6.00. The highest BCUT2D eigenvalue weighted by atomic mass is 19.1. The molecule has 2 aliphatic rings. The molecule has 5 N–H and O–H groups in total. The molecule has 2 heterocycles. The number of carbonyl (C=O) groups excluding carboxylic acids is 2. The van der Waals surface area contributed by atoms with E-state index in [-0.39, 0.29) is 35.1 Å². The molecule has 2 aliphatic heterocycles. The third-order valence-corrected chi connectivity index (χ3v) is 5.44. The number of nitriles is 2.